The van der Waals surface area contributed by atoms with Crippen LogP contribution in [0.4, 0.5) is 0 Å². The smallest absolute Gasteiger partial charge is 0.251 e. The first kappa shape index (κ1) is 17.9. The second kappa shape index (κ2) is 7.90. The fourth-order valence-electron chi connectivity index (χ4n) is 2.80. The molecule has 1 amide bonds. The predicted octanol–water partition coefficient (Wildman–Crippen LogP) is 1.51. The first-order valence-electron chi connectivity index (χ1n) is 8.24. The van der Waals surface area contributed by atoms with Crippen LogP contribution in [0.5, 0.6) is 0 Å². The number of nitrogens with zero attached hydrogens (tertiary/aromatic N) is 2. The molecule has 0 radical (unpaired) electrons. The SMILES string of the molecule is CC(OCc1ccccc1)C(=O)N1CCN(CC(C)(C)O)CC1. The molecule has 1 aliphatic heterocycles. The van der Waals surface area contributed by atoms with Crippen molar-refractivity contribution in [2.24, 2.45) is 0 Å². The number of piperazine rings is 1. The van der Waals surface area contributed by atoms with Crippen molar-refractivity contribution >= 4 is 5.91 Å². The van der Waals surface area contributed by atoms with Crippen LogP contribution in [0, 0.1) is 0 Å². The Labute approximate surface area is 138 Å². The maximum Gasteiger partial charge on any atom is 0.251 e. The molecule has 1 unspecified atom stereocenters. The highest BCUT2D eigenvalue weighted by Crippen LogP contribution is 2.11. The van der Waals surface area contributed by atoms with Crippen molar-refractivity contribution < 1.29 is 14.6 Å². The third kappa shape index (κ3) is 5.94. The Hall–Kier alpha value is -1.43. The van der Waals surface area contributed by atoms with E-state index in [-0.39, 0.29) is 5.91 Å². The van der Waals surface area contributed by atoms with Crippen LogP contribution >= 0.6 is 0 Å². The summed E-state index contributed by atoms with van der Waals surface area (Å²) in [6.07, 6.45) is -0.434. The minimum atomic E-state index is -0.696. The van der Waals surface area contributed by atoms with Crippen LogP contribution in [0.2, 0.25) is 0 Å². The molecule has 1 N–H and O–H groups in total. The average Bonchev–Trinajstić information content (AvgIpc) is 2.52. The van der Waals surface area contributed by atoms with Crippen LogP contribution in [0.25, 0.3) is 0 Å². The van der Waals surface area contributed by atoms with Gasteiger partial charge in [-0.3, -0.25) is 9.69 Å². The molecular formula is C18H28N2O3. The lowest BCUT2D eigenvalue weighted by Crippen LogP contribution is -2.53. The zero-order valence-corrected chi connectivity index (χ0v) is 14.4. The fourth-order valence-corrected chi connectivity index (χ4v) is 2.80. The maximum absolute atomic E-state index is 12.4. The number of ether oxygens (including phenoxy) is 1. The molecule has 1 aromatic rings. The van der Waals surface area contributed by atoms with Crippen molar-refractivity contribution in [2.45, 2.75) is 39.1 Å². The van der Waals surface area contributed by atoms with Gasteiger partial charge in [0.25, 0.3) is 5.91 Å². The number of hydrogen-bond acceptors (Lipinski definition) is 4. The molecule has 1 heterocycles. The van der Waals surface area contributed by atoms with E-state index in [9.17, 15) is 9.90 Å². The van der Waals surface area contributed by atoms with Gasteiger partial charge in [-0.1, -0.05) is 30.3 Å². The first-order chi connectivity index (χ1) is 10.8. The highest BCUT2D eigenvalue weighted by Gasteiger charge is 2.27. The van der Waals surface area contributed by atoms with Crippen molar-refractivity contribution in [1.29, 1.82) is 0 Å². The lowest BCUT2D eigenvalue weighted by Gasteiger charge is -2.38. The quantitative estimate of drug-likeness (QED) is 0.863. The zero-order valence-electron chi connectivity index (χ0n) is 14.4. The molecule has 128 valence electrons. The van der Waals surface area contributed by atoms with Crippen LogP contribution in [-0.2, 0) is 16.1 Å². The molecule has 0 bridgehead atoms. The van der Waals surface area contributed by atoms with E-state index in [0.29, 0.717) is 26.2 Å². The molecule has 1 aliphatic rings. The Balaban J connectivity index is 1.75. The van der Waals surface area contributed by atoms with Crippen LogP contribution in [0.1, 0.15) is 26.3 Å². The number of hydrogen-bond donors (Lipinski definition) is 1. The van der Waals surface area contributed by atoms with Gasteiger partial charge in [-0.25, -0.2) is 0 Å². The Morgan fingerprint density at radius 2 is 1.83 bits per heavy atom. The molecule has 1 fully saturated rings. The summed E-state index contributed by atoms with van der Waals surface area (Å²) in [5, 5.41) is 9.87. The van der Waals surface area contributed by atoms with E-state index in [1.54, 1.807) is 0 Å². The van der Waals surface area contributed by atoms with Crippen LogP contribution in [0.15, 0.2) is 30.3 Å². The van der Waals surface area contributed by atoms with Crippen molar-refractivity contribution in [2.75, 3.05) is 32.7 Å². The number of carbonyl (C=O) groups excluding carboxylic acids is 1. The van der Waals surface area contributed by atoms with Gasteiger partial charge >= 0.3 is 0 Å². The highest BCUT2D eigenvalue weighted by atomic mass is 16.5. The van der Waals surface area contributed by atoms with Crippen molar-refractivity contribution in [3.05, 3.63) is 35.9 Å². The summed E-state index contributed by atoms with van der Waals surface area (Å²) in [4.78, 5) is 16.5. The van der Waals surface area contributed by atoms with Gasteiger partial charge in [0, 0.05) is 32.7 Å². The van der Waals surface area contributed by atoms with E-state index in [0.717, 1.165) is 18.7 Å². The minimum absolute atomic E-state index is 0.0452. The van der Waals surface area contributed by atoms with Gasteiger partial charge in [-0.15, -0.1) is 0 Å². The van der Waals surface area contributed by atoms with Gasteiger partial charge in [0.2, 0.25) is 0 Å². The molecule has 0 spiro atoms. The van der Waals surface area contributed by atoms with Gasteiger partial charge in [0.15, 0.2) is 0 Å². The van der Waals surface area contributed by atoms with E-state index >= 15 is 0 Å². The first-order valence-corrected chi connectivity index (χ1v) is 8.24. The summed E-state index contributed by atoms with van der Waals surface area (Å²) in [5.41, 5.74) is 0.375. The monoisotopic (exact) mass is 320 g/mol. The molecule has 23 heavy (non-hydrogen) atoms. The number of amides is 1. The third-order valence-corrected chi connectivity index (χ3v) is 3.99. The lowest BCUT2D eigenvalue weighted by molar-refractivity contribution is -0.145. The Kier molecular flexibility index (Phi) is 6.16. The third-order valence-electron chi connectivity index (χ3n) is 3.99. The van der Waals surface area contributed by atoms with Gasteiger partial charge in [0.05, 0.1) is 12.2 Å². The molecule has 0 saturated carbocycles. The van der Waals surface area contributed by atoms with E-state index in [1.807, 2.05) is 56.0 Å². The van der Waals surface area contributed by atoms with E-state index < -0.39 is 11.7 Å². The fraction of sp³-hybridized carbons (Fsp3) is 0.611. The van der Waals surface area contributed by atoms with Crippen molar-refractivity contribution in [1.82, 2.24) is 9.80 Å². The molecule has 5 nitrogen and oxygen atoms in total. The number of rotatable bonds is 6. The topological polar surface area (TPSA) is 53.0 Å². The summed E-state index contributed by atoms with van der Waals surface area (Å²) in [6.45, 7) is 9.48. The average molecular weight is 320 g/mol. The normalized spacial score (nSPS) is 18.0. The summed E-state index contributed by atoms with van der Waals surface area (Å²) in [5.74, 6) is 0.0452. The highest BCUT2D eigenvalue weighted by molar-refractivity contribution is 5.80. The molecule has 0 aliphatic carbocycles. The number of β-amino-alcohol motifs (C(OH)–C–C–N with tert-alkyl or cyclic N) is 1. The summed E-state index contributed by atoms with van der Waals surface area (Å²) in [6, 6.07) is 9.88. The number of carbonyl (C=O) groups is 1. The van der Waals surface area contributed by atoms with E-state index in [2.05, 4.69) is 4.90 Å². The standard InChI is InChI=1S/C18H28N2O3/c1-15(23-13-16-7-5-4-6-8-16)17(21)20-11-9-19(10-12-20)14-18(2,3)22/h4-8,15,22H,9-14H2,1-3H3. The number of benzene rings is 1. The number of aliphatic hydroxyl groups is 1. The van der Waals surface area contributed by atoms with Gasteiger partial charge in [-0.05, 0) is 26.3 Å². The minimum Gasteiger partial charge on any atom is -0.389 e. The van der Waals surface area contributed by atoms with Gasteiger partial charge in [0.1, 0.15) is 6.10 Å². The lowest BCUT2D eigenvalue weighted by atomic mass is 10.1. The van der Waals surface area contributed by atoms with Crippen LogP contribution in [0.3, 0.4) is 0 Å². The summed E-state index contributed by atoms with van der Waals surface area (Å²) >= 11 is 0. The van der Waals surface area contributed by atoms with E-state index in [4.69, 9.17) is 4.74 Å². The van der Waals surface area contributed by atoms with Crippen LogP contribution < -0.4 is 0 Å². The van der Waals surface area contributed by atoms with Gasteiger partial charge in [-0.2, -0.15) is 0 Å². The van der Waals surface area contributed by atoms with Crippen molar-refractivity contribution in [3.8, 4) is 0 Å². The second-order valence-electron chi connectivity index (χ2n) is 6.85. The largest absolute Gasteiger partial charge is 0.389 e. The van der Waals surface area contributed by atoms with Crippen molar-refractivity contribution in [3.63, 3.8) is 0 Å². The maximum atomic E-state index is 12.4. The zero-order chi connectivity index (χ0) is 16.9. The predicted molar refractivity (Wildman–Crippen MR) is 90.0 cm³/mol. The van der Waals surface area contributed by atoms with E-state index in [1.165, 1.54) is 0 Å². The Bertz CT molecular complexity index is 491. The van der Waals surface area contributed by atoms with Gasteiger partial charge < -0.3 is 14.7 Å². The Morgan fingerprint density at radius 3 is 2.39 bits per heavy atom. The summed E-state index contributed by atoms with van der Waals surface area (Å²) < 4.78 is 5.71. The second-order valence-corrected chi connectivity index (χ2v) is 6.85. The van der Waals surface area contributed by atoms with Crippen LogP contribution in [-0.4, -0.2) is 65.2 Å². The summed E-state index contributed by atoms with van der Waals surface area (Å²) in [7, 11) is 0. The molecule has 1 atom stereocenters. The molecular weight excluding hydrogens is 292 g/mol. The molecule has 1 saturated heterocycles. The molecule has 2 rings (SSSR count). The molecule has 5 heteroatoms. The Morgan fingerprint density at radius 1 is 1.22 bits per heavy atom. The molecule has 1 aromatic carbocycles. The molecule has 0 aromatic heterocycles.